The predicted octanol–water partition coefficient (Wildman–Crippen LogP) is -0.513. The zero-order chi connectivity index (χ0) is 16.1. The Balaban J connectivity index is 1.81. The first kappa shape index (κ1) is 16.1. The van der Waals surface area contributed by atoms with E-state index in [0.29, 0.717) is 17.9 Å². The molecule has 0 aliphatic carbocycles. The summed E-state index contributed by atoms with van der Waals surface area (Å²) in [6, 6.07) is 0. The molecule has 2 heterocycles. The highest BCUT2D eigenvalue weighted by Crippen LogP contribution is 2.12. The quantitative estimate of drug-likeness (QED) is 0.550. The Morgan fingerprint density at radius 3 is 2.91 bits per heavy atom. The molecular weight excluding hydrogens is 306 g/mol. The highest BCUT2D eigenvalue weighted by Gasteiger charge is 2.06. The van der Waals surface area contributed by atoms with Crippen LogP contribution in [0.1, 0.15) is 5.56 Å². The van der Waals surface area contributed by atoms with E-state index in [0.717, 1.165) is 5.16 Å². The number of carbonyl (C=O) groups excluding carboxylic acids is 1. The van der Waals surface area contributed by atoms with Crippen LogP contribution in [0.5, 0.6) is 0 Å². The number of nitrogens with one attached hydrogen (secondary N) is 2. The predicted molar refractivity (Wildman–Crippen MR) is 83.0 cm³/mol. The summed E-state index contributed by atoms with van der Waals surface area (Å²) < 4.78 is 3.08. The average Bonchev–Trinajstić information content (AvgIpc) is 2.86. The fraction of sp³-hybridized carbons (Fsp3) is 0.385. The van der Waals surface area contributed by atoms with Crippen LogP contribution in [0.4, 0.5) is 0 Å². The fourth-order valence-corrected chi connectivity index (χ4v) is 2.56. The molecule has 2 aromatic rings. The van der Waals surface area contributed by atoms with Gasteiger partial charge in [-0.25, -0.2) is 9.78 Å². The number of hydrogen-bond acceptors (Lipinski definition) is 5. The highest BCUT2D eigenvalue weighted by molar-refractivity contribution is 7.99. The van der Waals surface area contributed by atoms with Crippen LogP contribution in [0.15, 0.2) is 33.3 Å². The van der Waals surface area contributed by atoms with E-state index in [1.165, 1.54) is 22.5 Å². The molecule has 1 amide bonds. The zero-order valence-corrected chi connectivity index (χ0v) is 13.1. The molecule has 0 bridgehead atoms. The van der Waals surface area contributed by atoms with E-state index < -0.39 is 11.2 Å². The third kappa shape index (κ3) is 4.10. The van der Waals surface area contributed by atoms with Crippen molar-refractivity contribution in [1.82, 2.24) is 24.4 Å². The molecule has 8 nitrogen and oxygen atoms in total. The van der Waals surface area contributed by atoms with Gasteiger partial charge in [-0.1, -0.05) is 11.8 Å². The van der Waals surface area contributed by atoms with E-state index in [-0.39, 0.29) is 12.5 Å². The van der Waals surface area contributed by atoms with Gasteiger partial charge in [0.25, 0.3) is 5.56 Å². The second-order valence-corrected chi connectivity index (χ2v) is 5.78. The number of aryl methyl sites for hydroxylation is 2. The van der Waals surface area contributed by atoms with Crippen molar-refractivity contribution >= 4 is 17.7 Å². The van der Waals surface area contributed by atoms with Crippen LogP contribution in [-0.4, -0.2) is 37.3 Å². The molecule has 0 aliphatic rings. The van der Waals surface area contributed by atoms with E-state index in [2.05, 4.69) is 15.3 Å². The Morgan fingerprint density at radius 1 is 1.45 bits per heavy atom. The van der Waals surface area contributed by atoms with Crippen molar-refractivity contribution in [1.29, 1.82) is 0 Å². The molecule has 0 saturated heterocycles. The first-order valence-corrected chi connectivity index (χ1v) is 7.63. The molecule has 0 aliphatic heterocycles. The maximum Gasteiger partial charge on any atom is 0.328 e. The Labute approximate surface area is 130 Å². The van der Waals surface area contributed by atoms with Crippen LogP contribution in [0.3, 0.4) is 0 Å². The van der Waals surface area contributed by atoms with Crippen molar-refractivity contribution in [2.45, 2.75) is 18.6 Å². The third-order valence-corrected chi connectivity index (χ3v) is 4.00. The van der Waals surface area contributed by atoms with Gasteiger partial charge in [0.15, 0.2) is 5.16 Å². The summed E-state index contributed by atoms with van der Waals surface area (Å²) in [6.07, 6.45) is 4.95. The molecule has 0 aromatic carbocycles. The summed E-state index contributed by atoms with van der Waals surface area (Å²) in [7, 11) is 1.90. The molecule has 0 unspecified atom stereocenters. The van der Waals surface area contributed by atoms with Gasteiger partial charge in [0, 0.05) is 43.5 Å². The minimum absolute atomic E-state index is 0.122. The van der Waals surface area contributed by atoms with Gasteiger partial charge < -0.3 is 9.88 Å². The van der Waals surface area contributed by atoms with E-state index in [1.807, 2.05) is 17.8 Å². The van der Waals surface area contributed by atoms with Crippen LogP contribution in [0.2, 0.25) is 0 Å². The lowest BCUT2D eigenvalue weighted by Gasteiger charge is -2.07. The molecule has 0 fully saturated rings. The Morgan fingerprint density at radius 2 is 2.23 bits per heavy atom. The Hall–Kier alpha value is -2.29. The van der Waals surface area contributed by atoms with Gasteiger partial charge in [-0.15, -0.1) is 0 Å². The molecule has 2 aromatic heterocycles. The molecule has 0 saturated carbocycles. The number of amides is 1. The van der Waals surface area contributed by atoms with Gasteiger partial charge in [-0.3, -0.25) is 19.1 Å². The number of carbonyl (C=O) groups is 1. The van der Waals surface area contributed by atoms with Gasteiger partial charge in [0.1, 0.15) is 6.54 Å². The van der Waals surface area contributed by atoms with Crippen LogP contribution in [-0.2, 0) is 18.4 Å². The largest absolute Gasteiger partial charge is 0.354 e. The van der Waals surface area contributed by atoms with E-state index in [9.17, 15) is 14.4 Å². The number of thioether (sulfide) groups is 1. The van der Waals surface area contributed by atoms with Crippen LogP contribution in [0.25, 0.3) is 0 Å². The van der Waals surface area contributed by atoms with Crippen molar-refractivity contribution in [2.75, 3.05) is 12.3 Å². The number of rotatable bonds is 6. The molecule has 0 radical (unpaired) electrons. The minimum Gasteiger partial charge on any atom is -0.354 e. The highest BCUT2D eigenvalue weighted by atomic mass is 32.2. The monoisotopic (exact) mass is 323 g/mol. The van der Waals surface area contributed by atoms with Crippen LogP contribution in [0, 0.1) is 6.92 Å². The zero-order valence-electron chi connectivity index (χ0n) is 12.3. The summed E-state index contributed by atoms with van der Waals surface area (Å²) >= 11 is 1.53. The first-order valence-electron chi connectivity index (χ1n) is 6.64. The molecule has 2 rings (SSSR count). The smallest absolute Gasteiger partial charge is 0.328 e. The van der Waals surface area contributed by atoms with Gasteiger partial charge in [-0.2, -0.15) is 0 Å². The summed E-state index contributed by atoms with van der Waals surface area (Å²) in [5, 5.41) is 3.60. The molecule has 0 spiro atoms. The first-order chi connectivity index (χ1) is 10.5. The van der Waals surface area contributed by atoms with Crippen molar-refractivity contribution in [3.8, 4) is 0 Å². The van der Waals surface area contributed by atoms with Crippen LogP contribution < -0.4 is 16.6 Å². The molecule has 9 heteroatoms. The lowest BCUT2D eigenvalue weighted by Crippen LogP contribution is -2.37. The fourth-order valence-electron chi connectivity index (χ4n) is 1.77. The number of nitrogens with zero attached hydrogens (tertiary/aromatic N) is 3. The Bertz CT molecular complexity index is 776. The number of hydrogen-bond donors (Lipinski definition) is 2. The molecule has 22 heavy (non-hydrogen) atoms. The molecule has 2 N–H and O–H groups in total. The lowest BCUT2D eigenvalue weighted by molar-refractivity contribution is -0.121. The van der Waals surface area contributed by atoms with Crippen LogP contribution >= 0.6 is 11.8 Å². The minimum atomic E-state index is -0.590. The van der Waals surface area contributed by atoms with E-state index >= 15 is 0 Å². The summed E-state index contributed by atoms with van der Waals surface area (Å²) in [5.74, 6) is 0.393. The topological polar surface area (TPSA) is 102 Å². The Kier molecular flexibility index (Phi) is 5.21. The standard InChI is InChI=1S/C13H17N5O3S/c1-9-7-18(12(21)16-11(9)20)8-10(19)14-4-6-22-13-15-3-5-17(13)2/h3,5,7H,4,6,8H2,1-2H3,(H,14,19)(H,16,20,21). The van der Waals surface area contributed by atoms with Gasteiger partial charge in [-0.05, 0) is 6.92 Å². The van der Waals surface area contributed by atoms with Gasteiger partial charge >= 0.3 is 5.69 Å². The average molecular weight is 323 g/mol. The second kappa shape index (κ2) is 7.12. The molecule has 0 atom stereocenters. The number of imidazole rings is 1. The molecular formula is C13H17N5O3S. The van der Waals surface area contributed by atoms with Crippen molar-refractivity contribution in [3.05, 3.63) is 45.0 Å². The normalized spacial score (nSPS) is 10.6. The van der Waals surface area contributed by atoms with E-state index in [4.69, 9.17) is 0 Å². The number of aromatic nitrogens is 4. The summed E-state index contributed by atoms with van der Waals surface area (Å²) in [4.78, 5) is 40.9. The van der Waals surface area contributed by atoms with Crippen molar-refractivity contribution < 1.29 is 4.79 Å². The number of aromatic amines is 1. The maximum atomic E-state index is 11.8. The SMILES string of the molecule is Cc1cn(CC(=O)NCCSc2nccn2C)c(=O)[nH]c1=O. The second-order valence-electron chi connectivity index (χ2n) is 4.72. The number of H-pyrrole nitrogens is 1. The van der Waals surface area contributed by atoms with E-state index in [1.54, 1.807) is 13.1 Å². The van der Waals surface area contributed by atoms with Gasteiger partial charge in [0.05, 0.1) is 0 Å². The van der Waals surface area contributed by atoms with Crippen molar-refractivity contribution in [3.63, 3.8) is 0 Å². The van der Waals surface area contributed by atoms with Crippen molar-refractivity contribution in [2.24, 2.45) is 7.05 Å². The lowest BCUT2D eigenvalue weighted by atomic mass is 10.4. The summed E-state index contributed by atoms with van der Waals surface area (Å²) in [5.41, 5.74) is -0.640. The summed E-state index contributed by atoms with van der Waals surface area (Å²) in [6.45, 7) is 1.92. The molecule has 118 valence electrons. The third-order valence-electron chi connectivity index (χ3n) is 2.94. The maximum absolute atomic E-state index is 11.8. The van der Waals surface area contributed by atoms with Gasteiger partial charge in [0.2, 0.25) is 5.91 Å².